The number of anilines is 2. The summed E-state index contributed by atoms with van der Waals surface area (Å²) in [7, 11) is 1.56. The van der Waals surface area contributed by atoms with Crippen molar-refractivity contribution in [2.45, 2.75) is 12.8 Å². The average molecular weight is 501 g/mol. The van der Waals surface area contributed by atoms with Gasteiger partial charge in [0.05, 0.1) is 47.3 Å². The molecule has 4 rings (SSSR count). The highest BCUT2D eigenvalue weighted by atomic mass is 32.2. The van der Waals surface area contributed by atoms with E-state index in [0.29, 0.717) is 44.8 Å². The molecule has 3 N–H and O–H groups in total. The molecular weight excluding hydrogens is 476 g/mol. The van der Waals surface area contributed by atoms with Crippen molar-refractivity contribution >= 4 is 35.0 Å². The average Bonchev–Trinajstić information content (AvgIpc) is 3.42. The maximum Gasteiger partial charge on any atom is 0.254 e. The summed E-state index contributed by atoms with van der Waals surface area (Å²) in [6.07, 6.45) is 1.50. The molecule has 2 aromatic carbocycles. The van der Waals surface area contributed by atoms with Gasteiger partial charge < -0.3 is 25.1 Å². The summed E-state index contributed by atoms with van der Waals surface area (Å²) in [5, 5.41) is 19.5. The molecule has 0 unspecified atom stereocenters. The van der Waals surface area contributed by atoms with Crippen molar-refractivity contribution in [2.75, 3.05) is 23.5 Å². The number of ether oxygens (including phenoxy) is 1. The second-order valence-corrected chi connectivity index (χ2v) is 8.84. The Labute approximate surface area is 213 Å². The van der Waals surface area contributed by atoms with Crippen molar-refractivity contribution in [3.63, 3.8) is 0 Å². The molecule has 1 aliphatic heterocycles. The van der Waals surface area contributed by atoms with E-state index < -0.39 is 5.92 Å². The van der Waals surface area contributed by atoms with Crippen LogP contribution >= 0.6 is 11.8 Å². The molecule has 0 bridgehead atoms. The van der Waals surface area contributed by atoms with E-state index in [9.17, 15) is 14.9 Å². The molecule has 8 nitrogen and oxygen atoms in total. The molecule has 0 aliphatic carbocycles. The predicted molar refractivity (Wildman–Crippen MR) is 139 cm³/mol. The highest BCUT2D eigenvalue weighted by molar-refractivity contribution is 8.03. The molecule has 1 aliphatic rings. The molecule has 0 fully saturated rings. The number of amides is 2. The highest BCUT2D eigenvalue weighted by Gasteiger charge is 2.36. The fourth-order valence-corrected chi connectivity index (χ4v) is 4.71. The van der Waals surface area contributed by atoms with Crippen LogP contribution in [0.15, 0.2) is 99.3 Å². The van der Waals surface area contributed by atoms with Crippen molar-refractivity contribution < 1.29 is 18.7 Å². The van der Waals surface area contributed by atoms with E-state index >= 15 is 0 Å². The Morgan fingerprint density at radius 3 is 2.56 bits per heavy atom. The quantitative estimate of drug-likeness (QED) is 0.399. The van der Waals surface area contributed by atoms with Crippen LogP contribution in [0.25, 0.3) is 0 Å². The van der Waals surface area contributed by atoms with Gasteiger partial charge in [0, 0.05) is 23.1 Å². The van der Waals surface area contributed by atoms with E-state index in [0.717, 1.165) is 0 Å². The predicted octanol–water partition coefficient (Wildman–Crippen LogP) is 4.99. The van der Waals surface area contributed by atoms with Gasteiger partial charge in [0.25, 0.3) is 5.91 Å². The molecule has 3 aromatic rings. The summed E-state index contributed by atoms with van der Waals surface area (Å²) < 4.78 is 10.8. The third-order valence-electron chi connectivity index (χ3n) is 5.45. The van der Waals surface area contributed by atoms with Crippen LogP contribution in [0.2, 0.25) is 0 Å². The van der Waals surface area contributed by atoms with Crippen molar-refractivity contribution in [3.05, 3.63) is 101 Å². The number of hydrogen-bond donors (Lipinski definition) is 3. The number of methoxy groups -OCH3 is 1. The second kappa shape index (κ2) is 11.3. The van der Waals surface area contributed by atoms with Crippen LogP contribution in [-0.2, 0) is 9.59 Å². The number of hydrogen-bond acceptors (Lipinski definition) is 7. The van der Waals surface area contributed by atoms with Crippen LogP contribution in [0, 0.1) is 11.3 Å². The maximum atomic E-state index is 13.3. The number of thioether (sulfide) groups is 1. The molecule has 2 amide bonds. The SMILES string of the molecule is COc1cccc(NC(=O)CSC2=C(C#N)[C@H](c3ccco3)C(C(=O)Nc3ccccc3)=C(C)N2)c1. The summed E-state index contributed by atoms with van der Waals surface area (Å²) in [4.78, 5) is 25.9. The Balaban J connectivity index is 1.56. The van der Waals surface area contributed by atoms with E-state index in [1.165, 1.54) is 18.0 Å². The molecular formula is C27H24N4O4S. The number of allylic oxidation sites excluding steroid dienone is 2. The summed E-state index contributed by atoms with van der Waals surface area (Å²) >= 11 is 1.19. The highest BCUT2D eigenvalue weighted by Crippen LogP contribution is 2.41. The van der Waals surface area contributed by atoms with Crippen LogP contribution in [0.4, 0.5) is 11.4 Å². The van der Waals surface area contributed by atoms with Gasteiger partial charge in [0.1, 0.15) is 11.5 Å². The lowest BCUT2D eigenvalue weighted by Gasteiger charge is -2.28. The van der Waals surface area contributed by atoms with E-state index in [2.05, 4.69) is 22.0 Å². The van der Waals surface area contributed by atoms with Gasteiger partial charge in [0.2, 0.25) is 5.91 Å². The number of dihydropyridines is 1. The molecule has 1 atom stereocenters. The Bertz CT molecular complexity index is 1360. The Morgan fingerprint density at radius 2 is 1.86 bits per heavy atom. The molecule has 9 heteroatoms. The maximum absolute atomic E-state index is 13.3. The minimum absolute atomic E-state index is 0.0500. The zero-order valence-corrected chi connectivity index (χ0v) is 20.5. The summed E-state index contributed by atoms with van der Waals surface area (Å²) in [5.74, 6) is -0.173. The van der Waals surface area contributed by atoms with E-state index in [1.54, 1.807) is 62.6 Å². The number of nitrogens with zero attached hydrogens (tertiary/aromatic N) is 1. The first-order valence-corrected chi connectivity index (χ1v) is 12.1. The monoisotopic (exact) mass is 500 g/mol. The van der Waals surface area contributed by atoms with E-state index in [4.69, 9.17) is 9.15 Å². The summed E-state index contributed by atoms with van der Waals surface area (Å²) in [6.45, 7) is 1.76. The largest absolute Gasteiger partial charge is 0.497 e. The van der Waals surface area contributed by atoms with Crippen LogP contribution in [0.1, 0.15) is 18.6 Å². The van der Waals surface area contributed by atoms with E-state index in [-0.39, 0.29) is 17.6 Å². The smallest absolute Gasteiger partial charge is 0.254 e. The first-order valence-electron chi connectivity index (χ1n) is 11.1. The third kappa shape index (κ3) is 5.62. The normalized spacial score (nSPS) is 15.1. The minimum atomic E-state index is -0.723. The van der Waals surface area contributed by atoms with Gasteiger partial charge in [-0.1, -0.05) is 36.0 Å². The van der Waals surface area contributed by atoms with Crippen LogP contribution < -0.4 is 20.7 Å². The summed E-state index contributed by atoms with van der Waals surface area (Å²) in [6, 6.07) is 21.8. The number of nitrogens with one attached hydrogen (secondary N) is 3. The van der Waals surface area contributed by atoms with Crippen LogP contribution in [0.3, 0.4) is 0 Å². The van der Waals surface area contributed by atoms with Crippen LogP contribution in [0.5, 0.6) is 5.75 Å². The topological polar surface area (TPSA) is 116 Å². The second-order valence-electron chi connectivity index (χ2n) is 7.86. The molecule has 0 saturated heterocycles. The molecule has 182 valence electrons. The first kappa shape index (κ1) is 24.7. The lowest BCUT2D eigenvalue weighted by molar-refractivity contribution is -0.114. The number of rotatable bonds is 8. The Hall–Kier alpha value is -4.42. The Kier molecular flexibility index (Phi) is 7.78. The van der Waals surface area contributed by atoms with Gasteiger partial charge in [0.15, 0.2) is 0 Å². The molecule has 36 heavy (non-hydrogen) atoms. The number of carbonyl (C=O) groups excluding carboxylic acids is 2. The third-order valence-corrected chi connectivity index (χ3v) is 6.47. The zero-order valence-electron chi connectivity index (χ0n) is 19.7. The van der Waals surface area contributed by atoms with E-state index in [1.807, 2.05) is 18.2 Å². The Morgan fingerprint density at radius 1 is 1.08 bits per heavy atom. The number of furan rings is 1. The lowest BCUT2D eigenvalue weighted by Crippen LogP contribution is -2.31. The van der Waals surface area contributed by atoms with Crippen LogP contribution in [-0.4, -0.2) is 24.7 Å². The molecule has 2 heterocycles. The minimum Gasteiger partial charge on any atom is -0.497 e. The zero-order chi connectivity index (χ0) is 25.5. The molecule has 0 radical (unpaired) electrons. The fourth-order valence-electron chi connectivity index (χ4n) is 3.82. The summed E-state index contributed by atoms with van der Waals surface area (Å²) in [5.41, 5.74) is 2.48. The van der Waals surface area contributed by atoms with Gasteiger partial charge >= 0.3 is 0 Å². The number of carbonyl (C=O) groups is 2. The van der Waals surface area contributed by atoms with Gasteiger partial charge in [-0.05, 0) is 43.3 Å². The van der Waals surface area contributed by atoms with Crippen molar-refractivity contribution in [3.8, 4) is 11.8 Å². The van der Waals surface area contributed by atoms with Gasteiger partial charge in [-0.15, -0.1) is 0 Å². The van der Waals surface area contributed by atoms with Gasteiger partial charge in [-0.25, -0.2) is 0 Å². The van der Waals surface area contributed by atoms with Crippen molar-refractivity contribution in [1.29, 1.82) is 5.26 Å². The first-order chi connectivity index (χ1) is 17.5. The number of benzene rings is 2. The molecule has 1 aromatic heterocycles. The molecule has 0 spiro atoms. The number of nitriles is 1. The van der Waals surface area contributed by atoms with Gasteiger partial charge in [-0.2, -0.15) is 5.26 Å². The number of para-hydroxylation sites is 1. The fraction of sp³-hybridized carbons (Fsp3) is 0.148. The lowest BCUT2D eigenvalue weighted by atomic mass is 9.85. The van der Waals surface area contributed by atoms with Gasteiger partial charge in [-0.3, -0.25) is 9.59 Å². The molecule has 0 saturated carbocycles. The van der Waals surface area contributed by atoms with Crippen molar-refractivity contribution in [2.24, 2.45) is 0 Å². The van der Waals surface area contributed by atoms with Crippen molar-refractivity contribution in [1.82, 2.24) is 5.32 Å². The standard InChI is InChI=1S/C27H24N4O4S/c1-17-24(26(33)31-18-8-4-3-5-9-18)25(22-12-7-13-35-22)21(15-28)27(29-17)36-16-23(32)30-19-10-6-11-20(14-19)34-2/h3-14,25,29H,16H2,1-2H3,(H,30,32)(H,31,33)/t25-/m1/s1.